The van der Waals surface area contributed by atoms with E-state index in [0.717, 1.165) is 0 Å². The second kappa shape index (κ2) is 3.64. The van der Waals surface area contributed by atoms with E-state index in [9.17, 15) is 13.6 Å². The van der Waals surface area contributed by atoms with Crippen molar-refractivity contribution in [2.45, 2.75) is 33.1 Å². The lowest BCUT2D eigenvalue weighted by atomic mass is 9.85. The molecule has 0 saturated carbocycles. The summed E-state index contributed by atoms with van der Waals surface area (Å²) in [4.78, 5) is 10.3. The minimum absolute atomic E-state index is 0.213. The number of alkyl halides is 2. The molecule has 0 aliphatic heterocycles. The van der Waals surface area contributed by atoms with Crippen molar-refractivity contribution in [3.63, 3.8) is 0 Å². The molecule has 0 fully saturated rings. The van der Waals surface area contributed by atoms with Gasteiger partial charge >= 0.3 is 0 Å². The zero-order valence-electron chi connectivity index (χ0n) is 6.23. The number of hydrogen-bond acceptors (Lipinski definition) is 1. The number of halogens is 2. The van der Waals surface area contributed by atoms with Crippen LogP contribution in [0.3, 0.4) is 0 Å². The molecular formula is C7H12F2O. The van der Waals surface area contributed by atoms with Crippen molar-refractivity contribution in [1.82, 2.24) is 0 Å². The van der Waals surface area contributed by atoms with Gasteiger partial charge in [-0.05, 0) is 12.8 Å². The smallest absolute Gasteiger partial charge is 0.250 e. The molecule has 0 radical (unpaired) electrons. The molecule has 3 heteroatoms. The van der Waals surface area contributed by atoms with Crippen LogP contribution in [0.4, 0.5) is 8.78 Å². The molecule has 0 bridgehead atoms. The maximum atomic E-state index is 12.1. The predicted molar refractivity (Wildman–Crippen MR) is 35.1 cm³/mol. The van der Waals surface area contributed by atoms with E-state index in [1.165, 1.54) is 0 Å². The van der Waals surface area contributed by atoms with Gasteiger partial charge in [0.05, 0.1) is 5.41 Å². The average Bonchev–Trinajstić information content (AvgIpc) is 1.92. The van der Waals surface area contributed by atoms with E-state index in [0.29, 0.717) is 6.29 Å². The maximum absolute atomic E-state index is 12.1. The topological polar surface area (TPSA) is 17.1 Å². The van der Waals surface area contributed by atoms with Gasteiger partial charge < -0.3 is 4.79 Å². The molecular weight excluding hydrogens is 138 g/mol. The summed E-state index contributed by atoms with van der Waals surface area (Å²) in [6, 6.07) is 0. The Morgan fingerprint density at radius 2 is 1.80 bits per heavy atom. The van der Waals surface area contributed by atoms with Gasteiger partial charge in [0, 0.05) is 0 Å². The molecule has 0 aromatic heterocycles. The largest absolute Gasteiger partial charge is 0.303 e. The number of rotatable bonds is 4. The molecule has 0 spiro atoms. The summed E-state index contributed by atoms with van der Waals surface area (Å²) >= 11 is 0. The molecule has 0 aromatic carbocycles. The summed E-state index contributed by atoms with van der Waals surface area (Å²) in [7, 11) is 0. The first kappa shape index (κ1) is 9.53. The first-order valence-electron chi connectivity index (χ1n) is 3.37. The van der Waals surface area contributed by atoms with E-state index in [4.69, 9.17) is 0 Å². The Hall–Kier alpha value is -0.470. The highest BCUT2D eigenvalue weighted by atomic mass is 19.3. The molecule has 0 rings (SSSR count). The lowest BCUT2D eigenvalue weighted by Crippen LogP contribution is -2.29. The molecule has 0 unspecified atom stereocenters. The van der Waals surface area contributed by atoms with Gasteiger partial charge in [0.2, 0.25) is 0 Å². The van der Waals surface area contributed by atoms with Crippen molar-refractivity contribution < 1.29 is 13.6 Å². The minimum atomic E-state index is -2.53. The van der Waals surface area contributed by atoms with E-state index in [-0.39, 0.29) is 12.8 Å². The quantitative estimate of drug-likeness (QED) is 0.562. The third-order valence-corrected chi connectivity index (χ3v) is 1.99. The molecule has 0 aliphatic rings. The second-order valence-electron chi connectivity index (χ2n) is 2.36. The molecule has 0 aliphatic carbocycles. The molecule has 0 saturated heterocycles. The number of carbonyl (C=O) groups excluding carboxylic acids is 1. The van der Waals surface area contributed by atoms with Crippen molar-refractivity contribution in [3.8, 4) is 0 Å². The number of hydrogen-bond donors (Lipinski definition) is 0. The van der Waals surface area contributed by atoms with Gasteiger partial charge in [-0.2, -0.15) is 0 Å². The van der Waals surface area contributed by atoms with Gasteiger partial charge in [-0.15, -0.1) is 0 Å². The van der Waals surface area contributed by atoms with Crippen molar-refractivity contribution in [3.05, 3.63) is 0 Å². The average molecular weight is 150 g/mol. The lowest BCUT2D eigenvalue weighted by Gasteiger charge is -2.22. The first-order valence-corrected chi connectivity index (χ1v) is 3.37. The Balaban J connectivity index is 4.30. The fraction of sp³-hybridized carbons (Fsp3) is 0.857. The van der Waals surface area contributed by atoms with Gasteiger partial charge in [-0.25, -0.2) is 8.78 Å². The third-order valence-electron chi connectivity index (χ3n) is 1.99. The highest BCUT2D eigenvalue weighted by Gasteiger charge is 2.35. The van der Waals surface area contributed by atoms with Crippen LogP contribution < -0.4 is 0 Å². The fourth-order valence-electron chi connectivity index (χ4n) is 0.777. The van der Waals surface area contributed by atoms with E-state index in [2.05, 4.69) is 0 Å². The molecule has 10 heavy (non-hydrogen) atoms. The second-order valence-corrected chi connectivity index (χ2v) is 2.36. The van der Waals surface area contributed by atoms with Crippen LogP contribution in [0, 0.1) is 5.41 Å². The molecule has 0 N–H and O–H groups in total. The van der Waals surface area contributed by atoms with Crippen molar-refractivity contribution in [1.29, 1.82) is 0 Å². The summed E-state index contributed by atoms with van der Waals surface area (Å²) in [5.41, 5.74) is -1.39. The predicted octanol–water partition coefficient (Wildman–Crippen LogP) is 2.26. The maximum Gasteiger partial charge on any atom is 0.250 e. The summed E-state index contributed by atoms with van der Waals surface area (Å²) in [5.74, 6) is 0. The Bertz CT molecular complexity index is 108. The van der Waals surface area contributed by atoms with Gasteiger partial charge in [0.25, 0.3) is 6.43 Å². The monoisotopic (exact) mass is 150 g/mol. The summed E-state index contributed by atoms with van der Waals surface area (Å²) in [6.07, 6.45) is -1.73. The van der Waals surface area contributed by atoms with Gasteiger partial charge in [-0.1, -0.05) is 13.8 Å². The first-order chi connectivity index (χ1) is 4.63. The van der Waals surface area contributed by atoms with Crippen LogP contribution in [0.2, 0.25) is 0 Å². The van der Waals surface area contributed by atoms with Crippen LogP contribution in [-0.2, 0) is 4.79 Å². The fourth-order valence-corrected chi connectivity index (χ4v) is 0.777. The summed E-state index contributed by atoms with van der Waals surface area (Å²) in [5, 5.41) is 0. The summed E-state index contributed by atoms with van der Waals surface area (Å²) < 4.78 is 24.2. The van der Waals surface area contributed by atoms with Crippen LogP contribution in [0.25, 0.3) is 0 Å². The van der Waals surface area contributed by atoms with Crippen LogP contribution in [0.5, 0.6) is 0 Å². The van der Waals surface area contributed by atoms with E-state index < -0.39 is 11.8 Å². The number of aldehydes is 1. The van der Waals surface area contributed by atoms with Crippen LogP contribution >= 0.6 is 0 Å². The molecule has 0 amide bonds. The normalized spacial score (nSPS) is 12.1. The van der Waals surface area contributed by atoms with Crippen LogP contribution in [-0.4, -0.2) is 12.7 Å². The lowest BCUT2D eigenvalue weighted by molar-refractivity contribution is -0.125. The van der Waals surface area contributed by atoms with Crippen molar-refractivity contribution in [2.75, 3.05) is 0 Å². The Kier molecular flexibility index (Phi) is 3.47. The summed E-state index contributed by atoms with van der Waals surface area (Å²) in [6.45, 7) is 3.20. The molecule has 1 nitrogen and oxygen atoms in total. The standard InChI is InChI=1S/C7H12F2O/c1-3-7(4-2,5-10)6(8)9/h5-6H,3-4H2,1-2H3. The minimum Gasteiger partial charge on any atom is -0.303 e. The zero-order valence-corrected chi connectivity index (χ0v) is 6.23. The van der Waals surface area contributed by atoms with Gasteiger partial charge in [0.15, 0.2) is 0 Å². The zero-order chi connectivity index (χ0) is 8.20. The Morgan fingerprint density at radius 3 is 1.80 bits per heavy atom. The molecule has 0 heterocycles. The molecule has 0 aromatic rings. The van der Waals surface area contributed by atoms with E-state index >= 15 is 0 Å². The Morgan fingerprint density at radius 1 is 1.40 bits per heavy atom. The van der Waals surface area contributed by atoms with Gasteiger partial charge in [0.1, 0.15) is 6.29 Å². The van der Waals surface area contributed by atoms with Crippen LogP contribution in [0.15, 0.2) is 0 Å². The Labute approximate surface area is 59.4 Å². The van der Waals surface area contributed by atoms with Crippen molar-refractivity contribution in [2.24, 2.45) is 5.41 Å². The van der Waals surface area contributed by atoms with Crippen molar-refractivity contribution >= 4 is 6.29 Å². The highest BCUT2D eigenvalue weighted by molar-refractivity contribution is 5.59. The highest BCUT2D eigenvalue weighted by Crippen LogP contribution is 2.30. The molecule has 60 valence electrons. The molecule has 0 atom stereocenters. The SMILES string of the molecule is CCC(C=O)(CC)C(F)F. The number of carbonyl (C=O) groups is 1. The third kappa shape index (κ3) is 1.52. The van der Waals surface area contributed by atoms with Crippen LogP contribution in [0.1, 0.15) is 26.7 Å². The van der Waals surface area contributed by atoms with E-state index in [1.54, 1.807) is 13.8 Å². The van der Waals surface area contributed by atoms with E-state index in [1.807, 2.05) is 0 Å². The van der Waals surface area contributed by atoms with Gasteiger partial charge in [-0.3, -0.25) is 0 Å².